The molecule has 2 saturated heterocycles. The Bertz CT molecular complexity index is 583. The Morgan fingerprint density at radius 1 is 1.25 bits per heavy atom. The molecule has 0 saturated carbocycles. The molecule has 1 atom stereocenters. The molecule has 0 amide bonds. The highest BCUT2D eigenvalue weighted by Crippen LogP contribution is 2.31. The monoisotopic (exact) mass is 336 g/mol. The first-order chi connectivity index (χ1) is 11.6. The molecule has 0 radical (unpaired) electrons. The van der Waals surface area contributed by atoms with Crippen LogP contribution in [0.5, 0.6) is 0 Å². The van der Waals surface area contributed by atoms with Gasteiger partial charge in [-0.05, 0) is 25.7 Å². The van der Waals surface area contributed by atoms with Crippen molar-refractivity contribution in [3.63, 3.8) is 0 Å². The SMILES string of the molecule is Nc1nc(N2CCCCCC2)nc(NC[C@H]2CCCO2)c1[N+](=O)[O-]. The zero-order valence-electron chi connectivity index (χ0n) is 13.7. The third kappa shape index (κ3) is 3.84. The highest BCUT2D eigenvalue weighted by Gasteiger charge is 2.26. The van der Waals surface area contributed by atoms with E-state index in [0.29, 0.717) is 12.5 Å². The van der Waals surface area contributed by atoms with Crippen LogP contribution in [0.2, 0.25) is 0 Å². The fourth-order valence-corrected chi connectivity index (χ4v) is 3.19. The number of ether oxygens (including phenoxy) is 1. The van der Waals surface area contributed by atoms with Crippen LogP contribution < -0.4 is 16.0 Å². The van der Waals surface area contributed by atoms with Gasteiger partial charge in [0.15, 0.2) is 0 Å². The average molecular weight is 336 g/mol. The van der Waals surface area contributed by atoms with Crippen LogP contribution in [0, 0.1) is 10.1 Å². The van der Waals surface area contributed by atoms with E-state index >= 15 is 0 Å². The normalized spacial score (nSPS) is 21.5. The number of anilines is 3. The summed E-state index contributed by atoms with van der Waals surface area (Å²) in [6.45, 7) is 2.92. The van der Waals surface area contributed by atoms with Crippen LogP contribution in [0.4, 0.5) is 23.3 Å². The van der Waals surface area contributed by atoms with Gasteiger partial charge < -0.3 is 20.7 Å². The number of rotatable bonds is 5. The molecule has 24 heavy (non-hydrogen) atoms. The third-order valence-corrected chi connectivity index (χ3v) is 4.49. The second-order valence-electron chi connectivity index (χ2n) is 6.28. The van der Waals surface area contributed by atoms with E-state index < -0.39 is 4.92 Å². The number of aromatic nitrogens is 2. The third-order valence-electron chi connectivity index (χ3n) is 4.49. The summed E-state index contributed by atoms with van der Waals surface area (Å²) >= 11 is 0. The molecule has 0 unspecified atom stereocenters. The minimum absolute atomic E-state index is 0.0578. The molecule has 132 valence electrons. The summed E-state index contributed by atoms with van der Waals surface area (Å²) in [6.07, 6.45) is 6.52. The number of hydrogen-bond acceptors (Lipinski definition) is 8. The Morgan fingerprint density at radius 2 is 2.00 bits per heavy atom. The van der Waals surface area contributed by atoms with Gasteiger partial charge in [0, 0.05) is 26.2 Å². The largest absolute Gasteiger partial charge is 0.378 e. The van der Waals surface area contributed by atoms with Crippen LogP contribution >= 0.6 is 0 Å². The number of nitrogen functional groups attached to an aromatic ring is 1. The predicted octanol–water partition coefficient (Wildman–Crippen LogP) is 1.94. The van der Waals surface area contributed by atoms with Crippen molar-refractivity contribution in [1.82, 2.24) is 9.97 Å². The lowest BCUT2D eigenvalue weighted by atomic mass is 10.2. The van der Waals surface area contributed by atoms with Gasteiger partial charge >= 0.3 is 5.69 Å². The molecule has 2 aliphatic heterocycles. The summed E-state index contributed by atoms with van der Waals surface area (Å²) < 4.78 is 5.55. The second-order valence-corrected chi connectivity index (χ2v) is 6.28. The van der Waals surface area contributed by atoms with Gasteiger partial charge in [0.25, 0.3) is 0 Å². The van der Waals surface area contributed by atoms with Crippen molar-refractivity contribution in [2.45, 2.75) is 44.6 Å². The lowest BCUT2D eigenvalue weighted by molar-refractivity contribution is -0.383. The van der Waals surface area contributed by atoms with Crippen molar-refractivity contribution in [2.24, 2.45) is 0 Å². The van der Waals surface area contributed by atoms with Crippen LogP contribution in [-0.4, -0.2) is 47.2 Å². The molecule has 1 aromatic heterocycles. The van der Waals surface area contributed by atoms with E-state index in [4.69, 9.17) is 10.5 Å². The molecular weight excluding hydrogens is 312 g/mol. The fraction of sp³-hybridized carbons (Fsp3) is 0.733. The molecule has 3 rings (SSSR count). The molecule has 2 aliphatic rings. The minimum Gasteiger partial charge on any atom is -0.378 e. The van der Waals surface area contributed by atoms with Crippen LogP contribution in [0.3, 0.4) is 0 Å². The fourth-order valence-electron chi connectivity index (χ4n) is 3.19. The molecule has 1 aromatic rings. The van der Waals surface area contributed by atoms with Crippen LogP contribution in [0.1, 0.15) is 38.5 Å². The van der Waals surface area contributed by atoms with Gasteiger partial charge in [0.2, 0.25) is 17.6 Å². The molecule has 9 heteroatoms. The number of nitrogens with one attached hydrogen (secondary N) is 1. The van der Waals surface area contributed by atoms with Crippen LogP contribution in [0.25, 0.3) is 0 Å². The minimum atomic E-state index is -0.528. The molecule has 3 N–H and O–H groups in total. The summed E-state index contributed by atoms with van der Waals surface area (Å²) in [4.78, 5) is 21.5. The summed E-state index contributed by atoms with van der Waals surface area (Å²) in [6, 6.07) is 0. The summed E-state index contributed by atoms with van der Waals surface area (Å²) in [5, 5.41) is 14.4. The number of hydrogen-bond donors (Lipinski definition) is 2. The van der Waals surface area contributed by atoms with E-state index in [1.807, 2.05) is 0 Å². The van der Waals surface area contributed by atoms with Gasteiger partial charge in [0.05, 0.1) is 11.0 Å². The maximum Gasteiger partial charge on any atom is 0.353 e. The van der Waals surface area contributed by atoms with Crippen molar-refractivity contribution in [3.8, 4) is 0 Å². The average Bonchev–Trinajstić information content (AvgIpc) is 2.92. The Labute approximate surface area is 140 Å². The zero-order valence-corrected chi connectivity index (χ0v) is 13.7. The summed E-state index contributed by atoms with van der Waals surface area (Å²) in [7, 11) is 0. The van der Waals surface area contributed by atoms with Gasteiger partial charge in [-0.15, -0.1) is 0 Å². The van der Waals surface area contributed by atoms with Crippen LogP contribution in [-0.2, 0) is 4.74 Å². The first kappa shape index (κ1) is 16.7. The molecular formula is C15H24N6O3. The van der Waals surface area contributed by atoms with Gasteiger partial charge in [-0.2, -0.15) is 9.97 Å². The molecule has 0 aliphatic carbocycles. The van der Waals surface area contributed by atoms with Gasteiger partial charge in [-0.25, -0.2) is 0 Å². The quantitative estimate of drug-likeness (QED) is 0.618. The van der Waals surface area contributed by atoms with Crippen molar-refractivity contribution in [3.05, 3.63) is 10.1 Å². The molecule has 0 spiro atoms. The van der Waals surface area contributed by atoms with E-state index in [-0.39, 0.29) is 23.4 Å². The predicted molar refractivity (Wildman–Crippen MR) is 91.2 cm³/mol. The maximum absolute atomic E-state index is 11.3. The first-order valence-electron chi connectivity index (χ1n) is 8.57. The van der Waals surface area contributed by atoms with Gasteiger partial charge in [0.1, 0.15) is 0 Å². The molecule has 3 heterocycles. The van der Waals surface area contributed by atoms with Crippen molar-refractivity contribution < 1.29 is 9.66 Å². The lowest BCUT2D eigenvalue weighted by Crippen LogP contribution is -2.27. The topological polar surface area (TPSA) is 119 Å². The van der Waals surface area contributed by atoms with Crippen LogP contribution in [0.15, 0.2) is 0 Å². The van der Waals surface area contributed by atoms with E-state index in [0.717, 1.165) is 45.4 Å². The number of nitro groups is 1. The molecule has 9 nitrogen and oxygen atoms in total. The Hall–Kier alpha value is -2.16. The number of nitrogens with zero attached hydrogens (tertiary/aromatic N) is 4. The van der Waals surface area contributed by atoms with E-state index in [2.05, 4.69) is 20.2 Å². The lowest BCUT2D eigenvalue weighted by Gasteiger charge is -2.21. The van der Waals surface area contributed by atoms with Crippen molar-refractivity contribution in [2.75, 3.05) is 42.2 Å². The van der Waals surface area contributed by atoms with E-state index in [9.17, 15) is 10.1 Å². The smallest absolute Gasteiger partial charge is 0.353 e. The van der Waals surface area contributed by atoms with Crippen molar-refractivity contribution in [1.29, 1.82) is 0 Å². The van der Waals surface area contributed by atoms with Gasteiger partial charge in [-0.1, -0.05) is 12.8 Å². The molecule has 0 bridgehead atoms. The summed E-state index contributed by atoms with van der Waals surface area (Å²) in [5.74, 6) is 0.557. The Morgan fingerprint density at radius 3 is 2.62 bits per heavy atom. The standard InChI is InChI=1S/C15H24N6O3/c16-13-12(21(22)23)14(17-10-11-6-5-9-24-11)19-15(18-13)20-7-3-1-2-4-8-20/h11H,1-10H2,(H3,16,17,18,19)/t11-/m1/s1. The van der Waals surface area contributed by atoms with E-state index in [1.165, 1.54) is 12.8 Å². The molecule has 0 aromatic carbocycles. The Balaban J connectivity index is 1.83. The second kappa shape index (κ2) is 7.61. The highest BCUT2D eigenvalue weighted by atomic mass is 16.6. The summed E-state index contributed by atoms with van der Waals surface area (Å²) in [5.41, 5.74) is 5.60. The highest BCUT2D eigenvalue weighted by molar-refractivity contribution is 5.70. The van der Waals surface area contributed by atoms with Gasteiger partial charge in [-0.3, -0.25) is 10.1 Å². The number of nitrogens with two attached hydrogens (primary N) is 1. The maximum atomic E-state index is 11.3. The van der Waals surface area contributed by atoms with Crippen molar-refractivity contribution >= 4 is 23.3 Å². The zero-order chi connectivity index (χ0) is 16.9. The first-order valence-corrected chi connectivity index (χ1v) is 8.57. The molecule has 2 fully saturated rings. The van der Waals surface area contributed by atoms with E-state index in [1.54, 1.807) is 0 Å². The Kier molecular flexibility index (Phi) is 5.29.